The van der Waals surface area contributed by atoms with Crippen LogP contribution in [0.2, 0.25) is 0 Å². The summed E-state index contributed by atoms with van der Waals surface area (Å²) < 4.78 is 10.7. The number of fused-ring (bicyclic) bond motifs is 1. The molecular formula is C17H19N5O6S3. The van der Waals surface area contributed by atoms with Gasteiger partial charge in [-0.15, -0.1) is 23.1 Å². The van der Waals surface area contributed by atoms with Gasteiger partial charge >= 0.3 is 0 Å². The lowest BCUT2D eigenvalue weighted by Gasteiger charge is -2.50. The second-order valence-corrected chi connectivity index (χ2v) is 9.19. The summed E-state index contributed by atoms with van der Waals surface area (Å²) in [6.45, 7) is 1.01. The molecule has 2 amide bonds. The summed E-state index contributed by atoms with van der Waals surface area (Å²) in [5.41, 5.74) is 6.78. The summed E-state index contributed by atoms with van der Waals surface area (Å²) >= 11 is 6.58. The normalized spacial score (nSPS) is 24.5. The molecule has 1 unspecified atom stereocenters. The van der Waals surface area contributed by atoms with E-state index >= 15 is 0 Å². The van der Waals surface area contributed by atoms with Crippen molar-refractivity contribution in [1.82, 2.24) is 15.2 Å². The van der Waals surface area contributed by atoms with E-state index in [0.717, 1.165) is 16.9 Å². The average Bonchev–Trinajstić information content (AvgIpc) is 3.20. The molecule has 1 aromatic heterocycles. The summed E-state index contributed by atoms with van der Waals surface area (Å²) in [4.78, 5) is 48.1. The van der Waals surface area contributed by atoms with Gasteiger partial charge in [0.25, 0.3) is 11.8 Å². The second-order valence-electron chi connectivity index (χ2n) is 6.79. The highest BCUT2D eigenvalue weighted by molar-refractivity contribution is 8.00. The topological polar surface area (TPSA) is 145 Å². The highest BCUT2D eigenvalue weighted by Crippen LogP contribution is 2.43. The second kappa shape index (κ2) is 9.16. The van der Waals surface area contributed by atoms with Crippen molar-refractivity contribution in [2.24, 2.45) is 11.1 Å². The van der Waals surface area contributed by atoms with Crippen molar-refractivity contribution in [1.29, 1.82) is 0 Å². The molecule has 4 heterocycles. The Bertz CT molecular complexity index is 973. The van der Waals surface area contributed by atoms with Crippen molar-refractivity contribution in [3.8, 4) is 0 Å². The Morgan fingerprint density at radius 2 is 2.16 bits per heavy atom. The molecule has 2 saturated heterocycles. The van der Waals surface area contributed by atoms with Gasteiger partial charge in [0.1, 0.15) is 31.0 Å². The zero-order valence-electron chi connectivity index (χ0n) is 16.3. The van der Waals surface area contributed by atoms with E-state index in [1.807, 2.05) is 0 Å². The summed E-state index contributed by atoms with van der Waals surface area (Å²) in [6.07, 6.45) is 0. The zero-order valence-corrected chi connectivity index (χ0v) is 18.8. The number of nitrogens with zero attached hydrogens (tertiary/aromatic N) is 3. The first-order valence-corrected chi connectivity index (χ1v) is 11.5. The molecule has 0 spiro atoms. The molecule has 2 atom stereocenters. The third kappa shape index (κ3) is 4.17. The van der Waals surface area contributed by atoms with Gasteiger partial charge in [-0.2, -0.15) is 0 Å². The Hall–Kier alpha value is -2.13. The van der Waals surface area contributed by atoms with Crippen LogP contribution in [0.5, 0.6) is 0 Å². The SMILES string of the molecule is CO/N=C(\C(=O)NC1C(=O)N2C(C(=O)S)=C(C3COCOC3)CS[C@H]12)c1csc(N)n1. The van der Waals surface area contributed by atoms with Gasteiger partial charge in [0.15, 0.2) is 10.8 Å². The first-order chi connectivity index (χ1) is 14.9. The Kier molecular flexibility index (Phi) is 6.52. The van der Waals surface area contributed by atoms with Gasteiger partial charge < -0.3 is 25.4 Å². The molecule has 0 aliphatic carbocycles. The van der Waals surface area contributed by atoms with Gasteiger partial charge in [0, 0.05) is 17.1 Å². The molecule has 1 aromatic rings. The molecule has 11 nitrogen and oxygen atoms in total. The number of nitrogens with one attached hydrogen (secondary N) is 1. The third-order valence-corrected chi connectivity index (χ3v) is 7.13. The lowest BCUT2D eigenvalue weighted by atomic mass is 9.95. The number of nitrogens with two attached hydrogens (primary N) is 1. The van der Waals surface area contributed by atoms with Gasteiger partial charge in [-0.1, -0.05) is 17.8 Å². The fourth-order valence-corrected chi connectivity index (χ4v) is 5.80. The predicted octanol–water partition coefficient (Wildman–Crippen LogP) is -0.193. The zero-order chi connectivity index (χ0) is 22.1. The van der Waals surface area contributed by atoms with Crippen LogP contribution in [0.25, 0.3) is 0 Å². The number of amides is 2. The van der Waals surface area contributed by atoms with E-state index in [4.69, 9.17) is 20.0 Å². The number of carbonyl (C=O) groups excluding carboxylic acids is 3. The number of hydrogen-bond donors (Lipinski definition) is 3. The van der Waals surface area contributed by atoms with Crippen LogP contribution in [0.15, 0.2) is 21.8 Å². The van der Waals surface area contributed by atoms with Crippen LogP contribution in [-0.4, -0.2) is 76.8 Å². The van der Waals surface area contributed by atoms with Gasteiger partial charge in [-0.05, 0) is 5.57 Å². The average molecular weight is 486 g/mol. The Labute approximate surface area is 190 Å². The summed E-state index contributed by atoms with van der Waals surface area (Å²) in [6, 6.07) is -0.835. The number of aromatic nitrogens is 1. The molecule has 0 aromatic carbocycles. The first-order valence-electron chi connectivity index (χ1n) is 9.12. The Morgan fingerprint density at radius 1 is 1.42 bits per heavy atom. The summed E-state index contributed by atoms with van der Waals surface area (Å²) in [7, 11) is 1.30. The minimum absolute atomic E-state index is 0.0965. The molecule has 166 valence electrons. The van der Waals surface area contributed by atoms with E-state index in [1.165, 1.54) is 23.8 Å². The highest BCUT2D eigenvalue weighted by atomic mass is 32.2. The maximum absolute atomic E-state index is 12.9. The van der Waals surface area contributed by atoms with E-state index in [2.05, 4.69) is 28.1 Å². The predicted molar refractivity (Wildman–Crippen MR) is 116 cm³/mol. The van der Waals surface area contributed by atoms with Crippen molar-refractivity contribution < 1.29 is 28.7 Å². The lowest BCUT2D eigenvalue weighted by Crippen LogP contribution is -2.71. The fraction of sp³-hybridized carbons (Fsp3) is 0.471. The number of oxime groups is 1. The van der Waals surface area contributed by atoms with Crippen molar-refractivity contribution >= 4 is 63.5 Å². The van der Waals surface area contributed by atoms with Crippen molar-refractivity contribution in [3.05, 3.63) is 22.3 Å². The number of hydrogen-bond acceptors (Lipinski definition) is 11. The van der Waals surface area contributed by atoms with Crippen LogP contribution in [0.3, 0.4) is 0 Å². The van der Waals surface area contributed by atoms with Crippen LogP contribution in [0, 0.1) is 5.92 Å². The molecule has 3 N–H and O–H groups in total. The van der Waals surface area contributed by atoms with Crippen molar-refractivity contribution in [2.45, 2.75) is 11.4 Å². The Balaban J connectivity index is 1.53. The minimum Gasteiger partial charge on any atom is -0.398 e. The molecular weight excluding hydrogens is 466 g/mol. The van der Waals surface area contributed by atoms with E-state index in [1.54, 1.807) is 5.38 Å². The monoisotopic (exact) mass is 485 g/mol. The Morgan fingerprint density at radius 3 is 2.77 bits per heavy atom. The largest absolute Gasteiger partial charge is 0.398 e. The molecule has 14 heteroatoms. The molecule has 0 radical (unpaired) electrons. The molecule has 0 saturated carbocycles. The fourth-order valence-electron chi connectivity index (χ4n) is 3.55. The molecule has 31 heavy (non-hydrogen) atoms. The number of thiol groups is 1. The van der Waals surface area contributed by atoms with Crippen molar-refractivity contribution in [3.63, 3.8) is 0 Å². The summed E-state index contributed by atoms with van der Waals surface area (Å²) in [5, 5.41) is 7.27. The third-order valence-electron chi connectivity index (χ3n) is 4.95. The van der Waals surface area contributed by atoms with Gasteiger partial charge in [0.2, 0.25) is 5.12 Å². The lowest BCUT2D eigenvalue weighted by molar-refractivity contribution is -0.146. The van der Waals surface area contributed by atoms with E-state index < -0.39 is 28.3 Å². The van der Waals surface area contributed by atoms with Crippen molar-refractivity contribution in [2.75, 3.05) is 38.6 Å². The molecule has 2 fully saturated rings. The molecule has 3 aliphatic heterocycles. The van der Waals surface area contributed by atoms with Crippen LogP contribution in [0.1, 0.15) is 5.69 Å². The number of carbonyl (C=O) groups is 3. The maximum Gasteiger partial charge on any atom is 0.276 e. The van der Waals surface area contributed by atoms with Gasteiger partial charge in [-0.3, -0.25) is 19.3 Å². The van der Waals surface area contributed by atoms with E-state index in [9.17, 15) is 14.4 Å². The van der Waals surface area contributed by atoms with Crippen LogP contribution < -0.4 is 11.1 Å². The first kappa shape index (κ1) is 22.1. The van der Waals surface area contributed by atoms with Crippen LogP contribution >= 0.6 is 35.7 Å². The number of rotatable bonds is 6. The van der Waals surface area contributed by atoms with Gasteiger partial charge in [-0.25, -0.2) is 4.98 Å². The maximum atomic E-state index is 12.9. The number of thioether (sulfide) groups is 1. The quantitative estimate of drug-likeness (QED) is 0.216. The number of β-lactam (4-membered cyclic amide) rings is 1. The minimum atomic E-state index is -0.835. The van der Waals surface area contributed by atoms with Gasteiger partial charge in [0.05, 0.1) is 18.9 Å². The summed E-state index contributed by atoms with van der Waals surface area (Å²) in [5.74, 6) is -0.687. The number of nitrogen functional groups attached to an aromatic ring is 1. The van der Waals surface area contributed by atoms with E-state index in [-0.39, 0.29) is 34.9 Å². The molecule has 3 aliphatic rings. The number of anilines is 1. The smallest absolute Gasteiger partial charge is 0.276 e. The van der Waals surface area contributed by atoms with Crippen LogP contribution in [0.4, 0.5) is 5.13 Å². The van der Waals surface area contributed by atoms with Crippen LogP contribution in [-0.2, 0) is 28.7 Å². The number of ether oxygens (including phenoxy) is 2. The molecule has 4 rings (SSSR count). The highest BCUT2D eigenvalue weighted by Gasteiger charge is 2.54. The van der Waals surface area contributed by atoms with E-state index in [0.29, 0.717) is 19.0 Å². The standard InChI is InChI=1S/C17H19N5O6S3/c1-26-21-10(9-5-31-17(18)19-9)13(23)20-11-14(24)22-12(16(25)29)8(4-30-15(11)22)7-2-27-6-28-3-7/h5,7,11,15H,2-4,6H2,1H3,(H2,18,19)(H,20,23)(H,25,29)/b21-10-/t11?,15-/m1/s1. The number of thiazole rings is 1. The molecule has 0 bridgehead atoms.